The highest BCUT2D eigenvalue weighted by molar-refractivity contribution is 6.29. The van der Waals surface area contributed by atoms with E-state index >= 15 is 0 Å². The van der Waals surface area contributed by atoms with Crippen LogP contribution in [0.5, 0.6) is 0 Å². The molecular formula is C16H24ClN3O3. The Morgan fingerprint density at radius 1 is 1.30 bits per heavy atom. The predicted octanol–water partition coefficient (Wildman–Crippen LogP) is 2.09. The van der Waals surface area contributed by atoms with E-state index in [-0.39, 0.29) is 17.7 Å². The van der Waals surface area contributed by atoms with Crippen LogP contribution in [0.3, 0.4) is 0 Å². The first-order valence-corrected chi connectivity index (χ1v) is 8.06. The Balaban J connectivity index is 2.81. The summed E-state index contributed by atoms with van der Waals surface area (Å²) in [6, 6.07) is 5.18. The number of carbonyl (C=O) groups excluding carboxylic acids is 2. The van der Waals surface area contributed by atoms with Gasteiger partial charge < -0.3 is 20.3 Å². The fourth-order valence-electron chi connectivity index (χ4n) is 2.00. The highest BCUT2D eigenvalue weighted by atomic mass is 35.5. The lowest BCUT2D eigenvalue weighted by Crippen LogP contribution is -2.27. The zero-order valence-corrected chi connectivity index (χ0v) is 14.6. The van der Waals surface area contributed by atoms with Crippen molar-refractivity contribution in [3.05, 3.63) is 23.8 Å². The lowest BCUT2D eigenvalue weighted by molar-refractivity contribution is -0.113. The predicted molar refractivity (Wildman–Crippen MR) is 93.6 cm³/mol. The Morgan fingerprint density at radius 2 is 2.04 bits per heavy atom. The molecule has 2 N–H and O–H groups in total. The van der Waals surface area contributed by atoms with Crippen molar-refractivity contribution in [2.75, 3.05) is 50.0 Å². The molecule has 1 rings (SSSR count). The lowest BCUT2D eigenvalue weighted by Gasteiger charge is -2.18. The minimum Gasteiger partial charge on any atom is -0.382 e. The monoisotopic (exact) mass is 341 g/mol. The zero-order chi connectivity index (χ0) is 17.2. The Hall–Kier alpha value is -1.79. The van der Waals surface area contributed by atoms with Crippen molar-refractivity contribution in [1.29, 1.82) is 0 Å². The average Bonchev–Trinajstić information content (AvgIpc) is 2.54. The number of nitrogens with zero attached hydrogens (tertiary/aromatic N) is 1. The highest BCUT2D eigenvalue weighted by Gasteiger charge is 2.14. The van der Waals surface area contributed by atoms with Gasteiger partial charge in [0.25, 0.3) is 5.91 Å². The van der Waals surface area contributed by atoms with Gasteiger partial charge in [-0.15, -0.1) is 11.6 Å². The number of hydrogen-bond donors (Lipinski definition) is 2. The molecule has 0 unspecified atom stereocenters. The third kappa shape index (κ3) is 6.46. The first-order chi connectivity index (χ1) is 11.0. The molecule has 0 saturated heterocycles. The van der Waals surface area contributed by atoms with Gasteiger partial charge in [-0.3, -0.25) is 9.59 Å². The van der Waals surface area contributed by atoms with E-state index in [0.29, 0.717) is 31.0 Å². The number of benzene rings is 1. The number of rotatable bonds is 9. The summed E-state index contributed by atoms with van der Waals surface area (Å²) in [5, 5.41) is 5.51. The second kappa shape index (κ2) is 10.1. The average molecular weight is 342 g/mol. The molecule has 0 aliphatic heterocycles. The van der Waals surface area contributed by atoms with Gasteiger partial charge in [0.2, 0.25) is 5.91 Å². The first-order valence-electron chi connectivity index (χ1n) is 7.52. The van der Waals surface area contributed by atoms with Gasteiger partial charge >= 0.3 is 0 Å². The molecule has 0 saturated carbocycles. The summed E-state index contributed by atoms with van der Waals surface area (Å²) in [5.74, 6) is -0.631. The van der Waals surface area contributed by atoms with Crippen LogP contribution >= 0.6 is 11.6 Å². The van der Waals surface area contributed by atoms with Gasteiger partial charge in [0, 0.05) is 45.2 Å². The fourth-order valence-corrected chi connectivity index (χ4v) is 2.06. The number of nitrogens with one attached hydrogen (secondary N) is 2. The molecule has 1 aromatic carbocycles. The highest BCUT2D eigenvalue weighted by Crippen LogP contribution is 2.23. The molecular weight excluding hydrogens is 318 g/mol. The second-order valence-electron chi connectivity index (χ2n) is 5.11. The Kier molecular flexibility index (Phi) is 8.43. The van der Waals surface area contributed by atoms with E-state index in [2.05, 4.69) is 10.6 Å². The number of halogens is 1. The van der Waals surface area contributed by atoms with Crippen LogP contribution in [-0.2, 0) is 9.53 Å². The number of alkyl halides is 1. The van der Waals surface area contributed by atoms with E-state index in [0.717, 1.165) is 12.1 Å². The van der Waals surface area contributed by atoms with Crippen LogP contribution in [0.1, 0.15) is 23.7 Å². The number of hydrogen-bond acceptors (Lipinski definition) is 4. The van der Waals surface area contributed by atoms with E-state index < -0.39 is 0 Å². The second-order valence-corrected chi connectivity index (χ2v) is 5.38. The lowest BCUT2D eigenvalue weighted by atomic mass is 10.1. The molecule has 0 fully saturated rings. The van der Waals surface area contributed by atoms with Crippen molar-refractivity contribution in [3.8, 4) is 0 Å². The van der Waals surface area contributed by atoms with Gasteiger partial charge in [-0.05, 0) is 31.5 Å². The number of anilines is 2. The smallest absolute Gasteiger partial charge is 0.253 e. The van der Waals surface area contributed by atoms with E-state index in [9.17, 15) is 9.59 Å². The number of amides is 2. The van der Waals surface area contributed by atoms with Gasteiger partial charge in [0.05, 0.1) is 5.56 Å². The third-order valence-corrected chi connectivity index (χ3v) is 3.33. The SMILES string of the molecule is CCOCCCNC(=O)c1cc(NC(=O)CCl)ccc1N(C)C. The summed E-state index contributed by atoms with van der Waals surface area (Å²) in [6.07, 6.45) is 0.750. The molecule has 0 bridgehead atoms. The van der Waals surface area contributed by atoms with Gasteiger partial charge in [0.15, 0.2) is 0 Å². The maximum atomic E-state index is 12.4. The Labute approximate surface area is 142 Å². The topological polar surface area (TPSA) is 70.7 Å². The molecule has 0 spiro atoms. The Bertz CT molecular complexity index is 535. The third-order valence-electron chi connectivity index (χ3n) is 3.08. The van der Waals surface area contributed by atoms with Crippen LogP contribution in [0.25, 0.3) is 0 Å². The van der Waals surface area contributed by atoms with Crippen molar-refractivity contribution in [2.24, 2.45) is 0 Å². The van der Waals surface area contributed by atoms with Crippen LogP contribution in [0.4, 0.5) is 11.4 Å². The molecule has 0 atom stereocenters. The summed E-state index contributed by atoms with van der Waals surface area (Å²) >= 11 is 5.48. The summed E-state index contributed by atoms with van der Waals surface area (Å²) in [7, 11) is 3.72. The summed E-state index contributed by atoms with van der Waals surface area (Å²) in [5.41, 5.74) is 1.82. The van der Waals surface area contributed by atoms with Crippen molar-refractivity contribution in [2.45, 2.75) is 13.3 Å². The minimum absolute atomic E-state index is 0.131. The molecule has 128 valence electrons. The standard InChI is InChI=1S/C16H24ClN3O3/c1-4-23-9-5-8-18-16(22)13-10-12(19-15(21)11-17)6-7-14(13)20(2)3/h6-7,10H,4-5,8-9,11H2,1-3H3,(H,18,22)(H,19,21). The van der Waals surface area contributed by atoms with Gasteiger partial charge in [-0.1, -0.05) is 0 Å². The molecule has 7 heteroatoms. The van der Waals surface area contributed by atoms with E-state index in [1.807, 2.05) is 25.9 Å². The van der Waals surface area contributed by atoms with E-state index in [1.165, 1.54) is 0 Å². The van der Waals surface area contributed by atoms with Gasteiger partial charge in [-0.25, -0.2) is 0 Å². The normalized spacial score (nSPS) is 10.3. The van der Waals surface area contributed by atoms with Crippen molar-refractivity contribution in [3.63, 3.8) is 0 Å². The summed E-state index contributed by atoms with van der Waals surface area (Å²) in [6.45, 7) is 3.75. The molecule has 6 nitrogen and oxygen atoms in total. The van der Waals surface area contributed by atoms with Crippen LogP contribution in [-0.4, -0.2) is 51.5 Å². The molecule has 2 amide bonds. The summed E-state index contributed by atoms with van der Waals surface area (Å²) in [4.78, 5) is 25.6. The first kappa shape index (κ1) is 19.3. The largest absolute Gasteiger partial charge is 0.382 e. The van der Waals surface area contributed by atoms with E-state index in [4.69, 9.17) is 16.3 Å². The van der Waals surface area contributed by atoms with Crippen molar-refractivity contribution in [1.82, 2.24) is 5.32 Å². The zero-order valence-electron chi connectivity index (χ0n) is 13.8. The molecule has 0 heterocycles. The maximum Gasteiger partial charge on any atom is 0.253 e. The fraction of sp³-hybridized carbons (Fsp3) is 0.500. The van der Waals surface area contributed by atoms with Crippen molar-refractivity contribution < 1.29 is 14.3 Å². The number of carbonyl (C=O) groups is 2. The van der Waals surface area contributed by atoms with Crippen LogP contribution in [0, 0.1) is 0 Å². The van der Waals surface area contributed by atoms with Crippen LogP contribution in [0.15, 0.2) is 18.2 Å². The van der Waals surface area contributed by atoms with Gasteiger partial charge in [-0.2, -0.15) is 0 Å². The molecule has 23 heavy (non-hydrogen) atoms. The van der Waals surface area contributed by atoms with Gasteiger partial charge in [0.1, 0.15) is 5.88 Å². The Morgan fingerprint density at radius 3 is 2.65 bits per heavy atom. The molecule has 0 radical (unpaired) electrons. The van der Waals surface area contributed by atoms with E-state index in [1.54, 1.807) is 18.2 Å². The van der Waals surface area contributed by atoms with Crippen LogP contribution < -0.4 is 15.5 Å². The maximum absolute atomic E-state index is 12.4. The molecule has 1 aromatic rings. The quantitative estimate of drug-likeness (QED) is 0.533. The molecule has 0 aromatic heterocycles. The summed E-state index contributed by atoms with van der Waals surface area (Å²) < 4.78 is 5.24. The molecule has 0 aliphatic carbocycles. The minimum atomic E-state index is -0.313. The molecule has 0 aliphatic rings. The number of ether oxygens (including phenoxy) is 1. The van der Waals surface area contributed by atoms with Crippen molar-refractivity contribution >= 4 is 34.8 Å². The van der Waals surface area contributed by atoms with Crippen LogP contribution in [0.2, 0.25) is 0 Å².